The number of nitrogens with zero attached hydrogens (tertiary/aromatic N) is 4. The maximum Gasteiger partial charge on any atom is 0.216 e. The van der Waals surface area contributed by atoms with E-state index >= 15 is 0 Å². The van der Waals surface area contributed by atoms with Gasteiger partial charge in [-0.05, 0) is 68.3 Å². The predicted octanol–water partition coefficient (Wildman–Crippen LogP) is 10.9. The number of benzene rings is 3. The molecule has 1 saturated carbocycles. The number of furan rings is 1. The minimum Gasteiger partial charge on any atom is -0.486 e. The van der Waals surface area contributed by atoms with E-state index in [2.05, 4.69) is 91.7 Å². The van der Waals surface area contributed by atoms with Gasteiger partial charge >= 0.3 is 0 Å². The van der Waals surface area contributed by atoms with E-state index in [0.29, 0.717) is 5.71 Å². The summed E-state index contributed by atoms with van der Waals surface area (Å²) in [5.74, 6) is 1.75. The number of imidazole rings is 1. The molecule has 0 spiro atoms. The summed E-state index contributed by atoms with van der Waals surface area (Å²) < 4.78 is 8.40. The minimum absolute atomic E-state index is 0. The smallest absolute Gasteiger partial charge is 0.216 e. The van der Waals surface area contributed by atoms with Crippen molar-refractivity contribution in [2.45, 2.75) is 85.0 Å². The van der Waals surface area contributed by atoms with Gasteiger partial charge in [-0.1, -0.05) is 86.5 Å². The second-order valence-corrected chi connectivity index (χ2v) is 19.9. The molecule has 1 radical (unpaired) electrons. The Bertz CT molecular complexity index is 2230. The Hall–Kier alpha value is -3.90. The van der Waals surface area contributed by atoms with Gasteiger partial charge in [0.25, 0.3) is 0 Å². The van der Waals surface area contributed by atoms with Gasteiger partial charge in [0.05, 0.1) is 30.5 Å². The van der Waals surface area contributed by atoms with E-state index in [0.717, 1.165) is 61.6 Å². The number of para-hydroxylation sites is 2. The zero-order valence-electron chi connectivity index (χ0n) is 30.0. The number of fused-ring (bicyclic) bond motifs is 4. The Morgan fingerprint density at radius 3 is 2.40 bits per heavy atom. The Morgan fingerprint density at radius 2 is 1.66 bits per heavy atom. The zero-order chi connectivity index (χ0) is 34.1. The third-order valence-corrected chi connectivity index (χ3v) is 11.9. The van der Waals surface area contributed by atoms with Crippen molar-refractivity contribution < 1.29 is 24.5 Å². The molecule has 1 aliphatic carbocycles. The average molecular weight is 855 g/mol. The molecule has 0 atom stereocenters. The summed E-state index contributed by atoms with van der Waals surface area (Å²) in [5, 5.41) is 3.61. The SMILES string of the molecule is C[Si](C)(C)c1cnc(-c2[c-]cccc2)cc1CC1CCCCC1.Cc1ccc2c(n1)oc1c(-c3nc4ccccc4n3C(C)C)[c-]ccc12.[Ir]. The van der Waals surface area contributed by atoms with E-state index in [1.54, 1.807) is 10.8 Å². The van der Waals surface area contributed by atoms with Crippen LogP contribution in [-0.2, 0) is 26.5 Å². The van der Waals surface area contributed by atoms with Gasteiger partial charge < -0.3 is 14.0 Å². The van der Waals surface area contributed by atoms with Gasteiger partial charge in [0.1, 0.15) is 0 Å². The van der Waals surface area contributed by atoms with E-state index < -0.39 is 8.07 Å². The molecule has 7 heteroatoms. The molecule has 1 aliphatic rings. The number of rotatable bonds is 6. The van der Waals surface area contributed by atoms with Crippen LogP contribution in [0.2, 0.25) is 19.6 Å². The van der Waals surface area contributed by atoms with Crippen LogP contribution in [0.5, 0.6) is 0 Å². The van der Waals surface area contributed by atoms with Crippen LogP contribution in [0.1, 0.15) is 63.3 Å². The van der Waals surface area contributed by atoms with E-state index in [1.165, 1.54) is 38.5 Å². The van der Waals surface area contributed by atoms with Gasteiger partial charge in [-0.25, -0.2) is 4.98 Å². The molecule has 0 saturated heterocycles. The largest absolute Gasteiger partial charge is 0.486 e. The fourth-order valence-corrected chi connectivity index (χ4v) is 8.96. The van der Waals surface area contributed by atoms with Crippen LogP contribution in [0.15, 0.2) is 89.5 Å². The second-order valence-electron chi connectivity index (χ2n) is 14.9. The van der Waals surface area contributed by atoms with Crippen molar-refractivity contribution in [3.05, 3.63) is 108 Å². The summed E-state index contributed by atoms with van der Waals surface area (Å²) in [6.45, 7) is 13.6. The van der Waals surface area contributed by atoms with Crippen molar-refractivity contribution in [3.8, 4) is 22.6 Å². The van der Waals surface area contributed by atoms with Crippen molar-refractivity contribution >= 4 is 46.4 Å². The maximum absolute atomic E-state index is 6.15. The van der Waals surface area contributed by atoms with Gasteiger partial charge in [-0.3, -0.25) is 4.98 Å². The second kappa shape index (κ2) is 15.1. The van der Waals surface area contributed by atoms with E-state index in [-0.39, 0.29) is 26.1 Å². The van der Waals surface area contributed by atoms with Gasteiger partial charge in [0.2, 0.25) is 5.71 Å². The predicted molar refractivity (Wildman–Crippen MR) is 206 cm³/mol. The molecule has 3 aromatic carbocycles. The summed E-state index contributed by atoms with van der Waals surface area (Å²) in [5.41, 5.74) is 9.11. The van der Waals surface area contributed by atoms with Crippen LogP contribution in [-0.4, -0.2) is 27.6 Å². The number of pyridine rings is 2. The zero-order valence-corrected chi connectivity index (χ0v) is 33.4. The van der Waals surface area contributed by atoms with E-state index in [1.807, 2.05) is 55.5 Å². The first-order valence-corrected chi connectivity index (χ1v) is 21.3. The summed E-state index contributed by atoms with van der Waals surface area (Å²) in [7, 11) is -1.36. The van der Waals surface area contributed by atoms with Crippen LogP contribution < -0.4 is 5.19 Å². The van der Waals surface area contributed by atoms with E-state index in [4.69, 9.17) is 14.4 Å². The standard InChI is InChI=1S/C22H18N3O.C21H28NSi.Ir/c1-13(2)25-19-10-5-4-9-18(19)24-21(25)17-8-6-7-15-16-12-11-14(3)23-22(16)26-20(15)17;1-23(2,3)21-16-22-20(18-12-8-5-9-13-18)15-19(21)14-17-10-6-4-7-11-17;/h4-7,9-13H,1-3H3;5,8-9,12,15-17H,4,6-7,10-11,14H2,1-3H3;/q2*-1;. The number of aromatic nitrogens is 4. The molecule has 5 nitrogen and oxygen atoms in total. The Labute approximate surface area is 310 Å². The topological polar surface area (TPSA) is 56.7 Å². The molecule has 4 aromatic heterocycles. The first kappa shape index (κ1) is 35.9. The third-order valence-electron chi connectivity index (χ3n) is 9.79. The molecular weight excluding hydrogens is 809 g/mol. The van der Waals surface area contributed by atoms with Crippen molar-refractivity contribution in [1.29, 1.82) is 0 Å². The molecule has 8 rings (SSSR count). The summed E-state index contributed by atoms with van der Waals surface area (Å²) in [6.07, 6.45) is 10.5. The summed E-state index contributed by atoms with van der Waals surface area (Å²) in [4.78, 5) is 14.2. The van der Waals surface area contributed by atoms with Crippen LogP contribution in [0, 0.1) is 25.0 Å². The van der Waals surface area contributed by atoms with E-state index in [9.17, 15) is 0 Å². The molecule has 4 heterocycles. The summed E-state index contributed by atoms with van der Waals surface area (Å²) >= 11 is 0. The molecule has 0 N–H and O–H groups in total. The maximum atomic E-state index is 6.15. The number of hydrogen-bond acceptors (Lipinski definition) is 4. The fourth-order valence-electron chi connectivity index (χ4n) is 7.37. The molecule has 0 unspecified atom stereocenters. The molecule has 1 fully saturated rings. The first-order chi connectivity index (χ1) is 23.7. The Kier molecular flexibility index (Phi) is 10.9. The molecule has 0 aliphatic heterocycles. The Balaban J connectivity index is 0.000000171. The number of aryl methyl sites for hydroxylation is 1. The molecule has 0 bridgehead atoms. The van der Waals surface area contributed by atoms with Gasteiger partial charge in [0.15, 0.2) is 0 Å². The first-order valence-electron chi connectivity index (χ1n) is 17.8. The Morgan fingerprint density at radius 1 is 0.880 bits per heavy atom. The normalized spacial score (nSPS) is 13.8. The van der Waals surface area contributed by atoms with Crippen molar-refractivity contribution in [2.75, 3.05) is 0 Å². The van der Waals surface area contributed by atoms with Crippen molar-refractivity contribution in [2.24, 2.45) is 5.92 Å². The number of hydrogen-bond donors (Lipinski definition) is 0. The average Bonchev–Trinajstić information content (AvgIpc) is 3.67. The third kappa shape index (κ3) is 7.41. The molecular formula is C43H46IrN4OSi-2. The van der Waals surface area contributed by atoms with Gasteiger partial charge in [-0.2, -0.15) is 0 Å². The minimum atomic E-state index is -1.36. The quantitative estimate of drug-likeness (QED) is 0.124. The fraction of sp³-hybridized carbons (Fsp3) is 0.326. The van der Waals surface area contributed by atoms with Crippen LogP contribution in [0.4, 0.5) is 0 Å². The van der Waals surface area contributed by atoms with Gasteiger partial charge in [0, 0.05) is 43.4 Å². The molecule has 259 valence electrons. The molecule has 7 aromatic rings. The van der Waals surface area contributed by atoms with Gasteiger partial charge in [-0.15, -0.1) is 54.1 Å². The van der Waals surface area contributed by atoms with Crippen LogP contribution >= 0.6 is 0 Å². The van der Waals surface area contributed by atoms with Crippen LogP contribution in [0.3, 0.4) is 0 Å². The molecule has 0 amide bonds. The molecule has 50 heavy (non-hydrogen) atoms. The monoisotopic (exact) mass is 855 g/mol. The van der Waals surface area contributed by atoms with Crippen molar-refractivity contribution in [3.63, 3.8) is 0 Å². The summed E-state index contributed by atoms with van der Waals surface area (Å²) in [6, 6.07) is 33.7. The van der Waals surface area contributed by atoms with Crippen molar-refractivity contribution in [1.82, 2.24) is 19.5 Å². The van der Waals surface area contributed by atoms with Crippen LogP contribution in [0.25, 0.3) is 55.7 Å².